The van der Waals surface area contributed by atoms with Gasteiger partial charge in [0.2, 0.25) is 0 Å². The van der Waals surface area contributed by atoms with Gasteiger partial charge in [-0.2, -0.15) is 10.5 Å². The van der Waals surface area contributed by atoms with Gasteiger partial charge in [-0.1, -0.05) is 91.0 Å². The summed E-state index contributed by atoms with van der Waals surface area (Å²) in [4.78, 5) is 8.08. The van der Waals surface area contributed by atoms with E-state index < -0.39 is 0 Å². The maximum Gasteiger partial charge on any atom is 0.187 e. The molecule has 0 radical (unpaired) electrons. The second-order valence-electron chi connectivity index (χ2n) is 13.8. The molecule has 3 aromatic heterocycles. The zero-order valence-electron chi connectivity index (χ0n) is 29.8. The number of nitriles is 2. The number of rotatable bonds is 5. The van der Waals surface area contributed by atoms with Crippen LogP contribution < -0.4 is 0 Å². The van der Waals surface area contributed by atoms with Crippen LogP contribution in [-0.4, -0.2) is 14.1 Å². The SMILES string of the molecule is [C-]#[N+]c1cccc(-c2ccc3c4ccccc4n(-c4cc(C#N)cc(-n5c6ccccc6c6ccc(-c7cccc(C#N)c7)cc65)c4-c4ccncc4)c3c2)c1. The maximum atomic E-state index is 10.8. The Kier molecular flexibility index (Phi) is 7.53. The highest BCUT2D eigenvalue weighted by Crippen LogP contribution is 2.44. The molecule has 0 N–H and O–H groups in total. The molecule has 0 aliphatic heterocycles. The van der Waals surface area contributed by atoms with Crippen LogP contribution in [0.5, 0.6) is 0 Å². The minimum atomic E-state index is 0.517. The molecule has 6 heteroatoms. The highest BCUT2D eigenvalue weighted by Gasteiger charge is 2.23. The third kappa shape index (κ3) is 5.12. The van der Waals surface area contributed by atoms with Gasteiger partial charge in [0.25, 0.3) is 0 Å². The van der Waals surface area contributed by atoms with Crippen molar-refractivity contribution in [3.05, 3.63) is 193 Å². The fourth-order valence-corrected chi connectivity index (χ4v) is 8.19. The lowest BCUT2D eigenvalue weighted by atomic mass is 9.98. The number of hydrogen-bond donors (Lipinski definition) is 0. The van der Waals surface area contributed by atoms with E-state index in [2.05, 4.69) is 110 Å². The molecule has 7 aromatic carbocycles. The van der Waals surface area contributed by atoms with E-state index >= 15 is 0 Å². The summed E-state index contributed by atoms with van der Waals surface area (Å²) in [6.07, 6.45) is 3.61. The first-order valence-corrected chi connectivity index (χ1v) is 18.2. The van der Waals surface area contributed by atoms with Crippen LogP contribution in [0.2, 0.25) is 0 Å². The Balaban J connectivity index is 1.34. The molecule has 56 heavy (non-hydrogen) atoms. The van der Waals surface area contributed by atoms with Gasteiger partial charge < -0.3 is 9.13 Å². The van der Waals surface area contributed by atoms with Crippen molar-refractivity contribution in [3.8, 4) is 56.9 Å². The summed E-state index contributed by atoms with van der Waals surface area (Å²) in [5.74, 6) is 0. The number of benzene rings is 7. The van der Waals surface area contributed by atoms with Crippen molar-refractivity contribution >= 4 is 49.3 Å². The van der Waals surface area contributed by atoms with Crippen molar-refractivity contribution in [1.82, 2.24) is 14.1 Å². The monoisotopic (exact) mass is 712 g/mol. The van der Waals surface area contributed by atoms with Gasteiger partial charge in [0.15, 0.2) is 5.69 Å². The summed E-state index contributed by atoms with van der Waals surface area (Å²) in [5, 5.41) is 24.8. The zero-order valence-corrected chi connectivity index (χ0v) is 29.8. The van der Waals surface area contributed by atoms with Crippen molar-refractivity contribution in [2.75, 3.05) is 0 Å². The largest absolute Gasteiger partial charge is 0.308 e. The number of pyridine rings is 1. The Labute approximate surface area is 322 Å². The lowest BCUT2D eigenvalue weighted by Gasteiger charge is -2.21. The van der Waals surface area contributed by atoms with Gasteiger partial charge in [-0.3, -0.25) is 4.98 Å². The standard InChI is InChI=1S/C50H28N6/c1-53-39-11-7-10-36(27-39)38-17-19-43-41-13-3-5-15-45(41)56(47(43)29-38)49-26-33(31-52)25-48(50(49)34-20-22-54-23-21-34)55-44-14-4-2-12-40(44)42-18-16-37(28-46(42)55)35-9-6-8-32(24-35)30-51/h2-29H. The Morgan fingerprint density at radius 3 is 1.54 bits per heavy atom. The summed E-state index contributed by atoms with van der Waals surface area (Å²) in [6, 6.07) is 57.9. The minimum Gasteiger partial charge on any atom is -0.308 e. The van der Waals surface area contributed by atoms with Crippen molar-refractivity contribution in [2.45, 2.75) is 0 Å². The van der Waals surface area contributed by atoms with Crippen molar-refractivity contribution in [1.29, 1.82) is 10.5 Å². The molecule has 0 saturated heterocycles. The van der Waals surface area contributed by atoms with E-state index in [0.717, 1.165) is 88.4 Å². The number of hydrogen-bond acceptors (Lipinski definition) is 3. The summed E-state index contributed by atoms with van der Waals surface area (Å²) in [5.41, 5.74) is 13.2. The molecule has 6 nitrogen and oxygen atoms in total. The first kappa shape index (κ1) is 32.4. The summed E-state index contributed by atoms with van der Waals surface area (Å²) in [6.45, 7) is 7.63. The van der Waals surface area contributed by atoms with Crippen LogP contribution in [0.15, 0.2) is 170 Å². The van der Waals surface area contributed by atoms with Crippen LogP contribution >= 0.6 is 0 Å². The molecule has 0 atom stereocenters. The van der Waals surface area contributed by atoms with Crippen LogP contribution in [0.1, 0.15) is 11.1 Å². The predicted octanol–water partition coefficient (Wildman–Crippen LogP) is 12.6. The molecular weight excluding hydrogens is 685 g/mol. The Bertz CT molecular complexity index is 3150. The molecule has 3 heterocycles. The Hall–Kier alpha value is -8.24. The topological polar surface area (TPSA) is 74.7 Å². The van der Waals surface area contributed by atoms with E-state index in [0.29, 0.717) is 16.8 Å². The Morgan fingerprint density at radius 2 is 0.964 bits per heavy atom. The van der Waals surface area contributed by atoms with Crippen molar-refractivity contribution in [2.24, 2.45) is 0 Å². The van der Waals surface area contributed by atoms with Crippen LogP contribution in [0.4, 0.5) is 5.69 Å². The van der Waals surface area contributed by atoms with Gasteiger partial charge >= 0.3 is 0 Å². The van der Waals surface area contributed by atoms with Gasteiger partial charge in [0, 0.05) is 39.5 Å². The summed E-state index contributed by atoms with van der Waals surface area (Å²) < 4.78 is 4.55. The van der Waals surface area contributed by atoms with Gasteiger partial charge in [0.05, 0.1) is 63.3 Å². The number of aromatic nitrogens is 3. The lowest BCUT2D eigenvalue weighted by molar-refractivity contribution is 1.13. The van der Waals surface area contributed by atoms with Gasteiger partial charge in [-0.15, -0.1) is 0 Å². The molecule has 0 spiro atoms. The van der Waals surface area contributed by atoms with Gasteiger partial charge in [-0.05, 0) is 94.5 Å². The second-order valence-corrected chi connectivity index (χ2v) is 13.8. The maximum absolute atomic E-state index is 10.8. The van der Waals surface area contributed by atoms with E-state index in [1.807, 2.05) is 91.3 Å². The lowest BCUT2D eigenvalue weighted by Crippen LogP contribution is -2.05. The van der Waals surface area contributed by atoms with E-state index in [-0.39, 0.29) is 0 Å². The summed E-state index contributed by atoms with van der Waals surface area (Å²) in [7, 11) is 0. The molecule has 0 amide bonds. The smallest absolute Gasteiger partial charge is 0.187 e. The molecule has 0 saturated carbocycles. The second kappa shape index (κ2) is 13.0. The first-order valence-electron chi connectivity index (χ1n) is 18.2. The van der Waals surface area contributed by atoms with Gasteiger partial charge in [0.1, 0.15) is 0 Å². The highest BCUT2D eigenvalue weighted by molar-refractivity contribution is 6.13. The average molecular weight is 713 g/mol. The number of para-hydroxylation sites is 2. The molecule has 10 aromatic rings. The number of fused-ring (bicyclic) bond motifs is 6. The molecule has 0 aliphatic rings. The molecule has 10 rings (SSSR count). The molecule has 0 fully saturated rings. The highest BCUT2D eigenvalue weighted by atomic mass is 15.0. The first-order chi connectivity index (χ1) is 27.6. The molecule has 0 unspecified atom stereocenters. The van der Waals surface area contributed by atoms with Crippen molar-refractivity contribution in [3.63, 3.8) is 0 Å². The van der Waals surface area contributed by atoms with Crippen LogP contribution in [0.25, 0.3) is 93.2 Å². The third-order valence-electron chi connectivity index (χ3n) is 10.7. The van der Waals surface area contributed by atoms with E-state index in [1.54, 1.807) is 0 Å². The third-order valence-corrected chi connectivity index (χ3v) is 10.7. The Morgan fingerprint density at radius 1 is 0.446 bits per heavy atom. The normalized spacial score (nSPS) is 11.2. The molecule has 0 aliphatic carbocycles. The van der Waals surface area contributed by atoms with E-state index in [4.69, 9.17) is 6.57 Å². The molecular formula is C50H28N6. The van der Waals surface area contributed by atoms with Gasteiger partial charge in [-0.25, -0.2) is 4.85 Å². The molecule has 258 valence electrons. The fourth-order valence-electron chi connectivity index (χ4n) is 8.19. The van der Waals surface area contributed by atoms with Crippen molar-refractivity contribution < 1.29 is 0 Å². The zero-order chi connectivity index (χ0) is 37.8. The fraction of sp³-hybridized carbons (Fsp3) is 0. The molecule has 0 bridgehead atoms. The van der Waals surface area contributed by atoms with Crippen LogP contribution in [0, 0.1) is 29.2 Å². The predicted molar refractivity (Wildman–Crippen MR) is 225 cm³/mol. The van der Waals surface area contributed by atoms with E-state index in [9.17, 15) is 10.5 Å². The quantitative estimate of drug-likeness (QED) is 0.167. The van der Waals surface area contributed by atoms with Crippen LogP contribution in [0.3, 0.4) is 0 Å². The minimum absolute atomic E-state index is 0.517. The van der Waals surface area contributed by atoms with E-state index in [1.165, 1.54) is 0 Å². The summed E-state index contributed by atoms with van der Waals surface area (Å²) >= 11 is 0. The average Bonchev–Trinajstić information content (AvgIpc) is 3.78. The van der Waals surface area contributed by atoms with Crippen LogP contribution in [-0.2, 0) is 0 Å². The number of nitrogens with zero attached hydrogens (tertiary/aromatic N) is 6.